The summed E-state index contributed by atoms with van der Waals surface area (Å²) in [5.74, 6) is 0. The van der Waals surface area contributed by atoms with Gasteiger partial charge >= 0.3 is 0 Å². The van der Waals surface area contributed by atoms with E-state index in [4.69, 9.17) is 28.8 Å². The lowest BCUT2D eigenvalue weighted by molar-refractivity contribution is -0.338. The summed E-state index contributed by atoms with van der Waals surface area (Å²) in [5, 5.41) is 78.3. The van der Waals surface area contributed by atoms with Gasteiger partial charge in [-0.05, 0) is 0 Å². The standard InChI is InChI=1S/C15H26O13/c16-1-5-7(18)10(21)15(26-5)28-12-4(17)2-25-14(11(12)22)27-6-3-24-13(23)9(20)8(6)19/h4-23H,1-3H2/t4-,5-,6-,7+,8+,9-,10-,11-,12+,13-,14+,15+/m1/s1. The van der Waals surface area contributed by atoms with Crippen LogP contribution in [0.25, 0.3) is 0 Å². The minimum Gasteiger partial charge on any atom is -0.394 e. The van der Waals surface area contributed by atoms with Gasteiger partial charge < -0.3 is 64.5 Å². The predicted octanol–water partition coefficient (Wildman–Crippen LogP) is -5.66. The molecule has 3 aliphatic heterocycles. The first-order valence-corrected chi connectivity index (χ1v) is 8.81. The lowest BCUT2D eigenvalue weighted by atomic mass is 10.0. The quantitative estimate of drug-likeness (QED) is 0.211. The number of hydrogen-bond donors (Lipinski definition) is 8. The first-order chi connectivity index (χ1) is 13.2. The van der Waals surface area contributed by atoms with Crippen molar-refractivity contribution in [1.82, 2.24) is 0 Å². The first kappa shape index (κ1) is 22.2. The van der Waals surface area contributed by atoms with Crippen LogP contribution < -0.4 is 0 Å². The van der Waals surface area contributed by atoms with Gasteiger partial charge in [-0.3, -0.25) is 0 Å². The molecule has 3 fully saturated rings. The number of aliphatic hydroxyl groups excluding tert-OH is 8. The van der Waals surface area contributed by atoms with Gasteiger partial charge in [-0.15, -0.1) is 0 Å². The van der Waals surface area contributed by atoms with Gasteiger partial charge in [0.1, 0.15) is 54.9 Å². The summed E-state index contributed by atoms with van der Waals surface area (Å²) in [5.41, 5.74) is 0. The molecule has 3 heterocycles. The summed E-state index contributed by atoms with van der Waals surface area (Å²) in [7, 11) is 0. The van der Waals surface area contributed by atoms with Crippen LogP contribution >= 0.6 is 0 Å². The molecule has 0 saturated carbocycles. The van der Waals surface area contributed by atoms with Crippen LogP contribution in [0.2, 0.25) is 0 Å². The van der Waals surface area contributed by atoms with E-state index in [9.17, 15) is 35.7 Å². The Balaban J connectivity index is 1.62. The molecule has 0 aromatic heterocycles. The van der Waals surface area contributed by atoms with E-state index in [1.807, 2.05) is 0 Å². The van der Waals surface area contributed by atoms with E-state index in [2.05, 4.69) is 0 Å². The highest BCUT2D eigenvalue weighted by molar-refractivity contribution is 4.91. The Labute approximate surface area is 159 Å². The van der Waals surface area contributed by atoms with Crippen LogP contribution in [0, 0.1) is 0 Å². The fraction of sp³-hybridized carbons (Fsp3) is 1.00. The van der Waals surface area contributed by atoms with Gasteiger partial charge in [0, 0.05) is 0 Å². The highest BCUT2D eigenvalue weighted by atomic mass is 16.7. The first-order valence-electron chi connectivity index (χ1n) is 8.81. The Morgan fingerprint density at radius 3 is 2.07 bits per heavy atom. The van der Waals surface area contributed by atoms with Crippen LogP contribution in [0.5, 0.6) is 0 Å². The third kappa shape index (κ3) is 4.32. The lowest BCUT2D eigenvalue weighted by Gasteiger charge is -2.42. The zero-order chi connectivity index (χ0) is 20.6. The second-order valence-corrected chi connectivity index (χ2v) is 6.95. The molecule has 0 bridgehead atoms. The van der Waals surface area contributed by atoms with Gasteiger partial charge in [0.15, 0.2) is 18.9 Å². The normalized spacial score (nSPS) is 52.7. The van der Waals surface area contributed by atoms with Gasteiger partial charge in [-0.2, -0.15) is 0 Å². The minimum absolute atomic E-state index is 0.297. The maximum Gasteiger partial charge on any atom is 0.187 e. The van der Waals surface area contributed by atoms with Gasteiger partial charge in [0.2, 0.25) is 0 Å². The second kappa shape index (κ2) is 9.09. The fourth-order valence-corrected chi connectivity index (χ4v) is 3.26. The molecule has 0 aliphatic carbocycles. The van der Waals surface area contributed by atoms with E-state index in [1.54, 1.807) is 0 Å². The summed E-state index contributed by atoms with van der Waals surface area (Å²) in [4.78, 5) is 0. The lowest BCUT2D eigenvalue weighted by Crippen LogP contribution is -2.60. The van der Waals surface area contributed by atoms with Gasteiger partial charge in [0.25, 0.3) is 0 Å². The third-order valence-corrected chi connectivity index (χ3v) is 4.98. The van der Waals surface area contributed by atoms with Crippen LogP contribution in [0.15, 0.2) is 0 Å². The zero-order valence-electron chi connectivity index (χ0n) is 14.7. The number of aliphatic hydroxyl groups is 8. The minimum atomic E-state index is -1.63. The van der Waals surface area contributed by atoms with Crippen molar-refractivity contribution in [2.45, 2.75) is 73.8 Å². The Morgan fingerprint density at radius 2 is 1.43 bits per heavy atom. The van der Waals surface area contributed by atoms with Crippen molar-refractivity contribution in [2.75, 3.05) is 19.8 Å². The third-order valence-electron chi connectivity index (χ3n) is 4.98. The summed E-state index contributed by atoms with van der Waals surface area (Å²) < 4.78 is 26.0. The van der Waals surface area contributed by atoms with Gasteiger partial charge in [-0.1, -0.05) is 0 Å². The SMILES string of the molecule is OC[C@H]1O[C@@H](O[C@@H]2[C@@H](O)[C@H](O[C@@H]3CO[C@@H](O)[C@H](O)[C@H]3O)OC[C@H]2O)[C@H](O)[C@H]1O. The molecule has 0 unspecified atom stereocenters. The second-order valence-electron chi connectivity index (χ2n) is 6.95. The van der Waals surface area contributed by atoms with E-state index in [0.717, 1.165) is 0 Å². The molecule has 0 radical (unpaired) electrons. The zero-order valence-corrected chi connectivity index (χ0v) is 14.7. The molecule has 0 aromatic carbocycles. The largest absolute Gasteiger partial charge is 0.394 e. The molecule has 12 atom stereocenters. The van der Waals surface area contributed by atoms with E-state index in [1.165, 1.54) is 0 Å². The Hall–Kier alpha value is -0.520. The smallest absolute Gasteiger partial charge is 0.187 e. The Morgan fingerprint density at radius 1 is 0.714 bits per heavy atom. The fourth-order valence-electron chi connectivity index (χ4n) is 3.26. The average molecular weight is 414 g/mol. The molecule has 3 saturated heterocycles. The summed E-state index contributed by atoms with van der Waals surface area (Å²) in [6, 6.07) is 0. The van der Waals surface area contributed by atoms with Crippen molar-refractivity contribution in [3.05, 3.63) is 0 Å². The van der Waals surface area contributed by atoms with Crippen LogP contribution in [0.4, 0.5) is 0 Å². The molecule has 3 aliphatic rings. The molecule has 13 heteroatoms. The van der Waals surface area contributed by atoms with Crippen molar-refractivity contribution >= 4 is 0 Å². The van der Waals surface area contributed by atoms with Gasteiger partial charge in [0.05, 0.1) is 19.8 Å². The molecule has 0 amide bonds. The summed E-state index contributed by atoms with van der Waals surface area (Å²) >= 11 is 0. The van der Waals surface area contributed by atoms with Crippen LogP contribution in [0.3, 0.4) is 0 Å². The van der Waals surface area contributed by atoms with Crippen LogP contribution in [-0.4, -0.2) is 134 Å². The van der Waals surface area contributed by atoms with E-state index < -0.39 is 80.4 Å². The van der Waals surface area contributed by atoms with Crippen molar-refractivity contribution < 1.29 is 64.5 Å². The highest BCUT2D eigenvalue weighted by Crippen LogP contribution is 2.29. The van der Waals surface area contributed by atoms with Crippen molar-refractivity contribution in [3.8, 4) is 0 Å². The molecular formula is C15H26O13. The maximum atomic E-state index is 10.5. The van der Waals surface area contributed by atoms with E-state index in [-0.39, 0.29) is 13.2 Å². The molecule has 164 valence electrons. The molecule has 28 heavy (non-hydrogen) atoms. The summed E-state index contributed by atoms with van der Waals surface area (Å²) in [6.45, 7) is -1.21. The highest BCUT2D eigenvalue weighted by Gasteiger charge is 2.49. The molecule has 3 rings (SSSR count). The molecule has 0 spiro atoms. The molecule has 0 aromatic rings. The van der Waals surface area contributed by atoms with Gasteiger partial charge in [-0.25, -0.2) is 0 Å². The van der Waals surface area contributed by atoms with Crippen molar-refractivity contribution in [3.63, 3.8) is 0 Å². The molecular weight excluding hydrogens is 388 g/mol. The average Bonchev–Trinajstić information content (AvgIpc) is 2.95. The Kier molecular flexibility index (Phi) is 7.20. The monoisotopic (exact) mass is 414 g/mol. The molecule has 13 nitrogen and oxygen atoms in total. The molecule has 8 N–H and O–H groups in total. The number of hydrogen-bond acceptors (Lipinski definition) is 13. The maximum absolute atomic E-state index is 10.5. The van der Waals surface area contributed by atoms with Crippen LogP contribution in [0.1, 0.15) is 0 Å². The van der Waals surface area contributed by atoms with Crippen molar-refractivity contribution in [1.29, 1.82) is 0 Å². The number of ether oxygens (including phenoxy) is 5. The summed E-state index contributed by atoms with van der Waals surface area (Å²) in [6.07, 6.45) is -17.1. The predicted molar refractivity (Wildman–Crippen MR) is 83.2 cm³/mol. The Bertz CT molecular complexity index is 508. The van der Waals surface area contributed by atoms with Crippen molar-refractivity contribution in [2.24, 2.45) is 0 Å². The number of rotatable bonds is 5. The van der Waals surface area contributed by atoms with E-state index >= 15 is 0 Å². The topological polar surface area (TPSA) is 208 Å². The van der Waals surface area contributed by atoms with E-state index in [0.29, 0.717) is 0 Å². The van der Waals surface area contributed by atoms with Crippen LogP contribution in [-0.2, 0) is 23.7 Å².